The highest BCUT2D eigenvalue weighted by Crippen LogP contribution is 2.48. The molecule has 5 heteroatoms. The Morgan fingerprint density at radius 2 is 1.86 bits per heavy atom. The molecule has 2 N–H and O–H groups in total. The quantitative estimate of drug-likeness (QED) is 0.833. The van der Waals surface area contributed by atoms with Crippen molar-refractivity contribution in [2.45, 2.75) is 13.0 Å². The van der Waals surface area contributed by atoms with Crippen molar-refractivity contribution in [3.63, 3.8) is 0 Å². The molecule has 1 fully saturated rings. The first-order valence-electron chi connectivity index (χ1n) is 7.00. The molecule has 0 aliphatic heterocycles. The van der Waals surface area contributed by atoms with Crippen LogP contribution < -0.4 is 5.32 Å². The summed E-state index contributed by atoms with van der Waals surface area (Å²) in [5.74, 6) is -2.90. The van der Waals surface area contributed by atoms with Crippen LogP contribution in [0.25, 0.3) is 0 Å². The van der Waals surface area contributed by atoms with E-state index in [1.54, 1.807) is 18.2 Å². The highest BCUT2D eigenvalue weighted by atomic mass is 19.1. The number of amides is 1. The van der Waals surface area contributed by atoms with Crippen LogP contribution in [0.15, 0.2) is 36.4 Å². The van der Waals surface area contributed by atoms with Gasteiger partial charge in [0.2, 0.25) is 5.91 Å². The summed E-state index contributed by atoms with van der Waals surface area (Å²) in [5, 5.41) is 12.0. The molecular formula is C16H16FNO3. The SMILES string of the molecule is O=C(NCc1ccccc1F)[C@@H]1[C@H](C(=O)O)[C@@H]2C=C[C@H]1C2. The molecule has 0 unspecified atom stereocenters. The van der Waals surface area contributed by atoms with Crippen molar-refractivity contribution in [2.75, 3.05) is 0 Å². The van der Waals surface area contributed by atoms with Crippen LogP contribution in [0.4, 0.5) is 4.39 Å². The lowest BCUT2D eigenvalue weighted by Crippen LogP contribution is -2.40. The molecule has 1 saturated carbocycles. The van der Waals surface area contributed by atoms with Gasteiger partial charge in [-0.1, -0.05) is 30.4 Å². The number of allylic oxidation sites excluding steroid dienone is 2. The molecule has 4 atom stereocenters. The van der Waals surface area contributed by atoms with Gasteiger partial charge in [-0.2, -0.15) is 0 Å². The molecule has 1 aromatic rings. The van der Waals surface area contributed by atoms with Crippen molar-refractivity contribution < 1.29 is 19.1 Å². The summed E-state index contributed by atoms with van der Waals surface area (Å²) in [6.07, 6.45) is 4.54. The minimum Gasteiger partial charge on any atom is -0.481 e. The molecule has 0 radical (unpaired) electrons. The van der Waals surface area contributed by atoms with Crippen molar-refractivity contribution in [1.82, 2.24) is 5.32 Å². The van der Waals surface area contributed by atoms with Gasteiger partial charge in [-0.05, 0) is 24.3 Å². The maximum absolute atomic E-state index is 13.5. The Hall–Kier alpha value is -2.17. The van der Waals surface area contributed by atoms with Crippen molar-refractivity contribution in [2.24, 2.45) is 23.7 Å². The molecule has 21 heavy (non-hydrogen) atoms. The summed E-state index contributed by atoms with van der Waals surface area (Å²) in [7, 11) is 0. The third kappa shape index (κ3) is 2.44. The Morgan fingerprint density at radius 1 is 1.19 bits per heavy atom. The van der Waals surface area contributed by atoms with Crippen molar-refractivity contribution >= 4 is 11.9 Å². The van der Waals surface area contributed by atoms with E-state index in [0.29, 0.717) is 5.56 Å². The van der Waals surface area contributed by atoms with Gasteiger partial charge in [-0.25, -0.2) is 4.39 Å². The second-order valence-electron chi connectivity index (χ2n) is 5.65. The number of halogens is 1. The van der Waals surface area contributed by atoms with Gasteiger partial charge in [-0.15, -0.1) is 0 Å². The van der Waals surface area contributed by atoms with Gasteiger partial charge in [-0.3, -0.25) is 9.59 Å². The van der Waals surface area contributed by atoms with Gasteiger partial charge < -0.3 is 10.4 Å². The predicted octanol–water partition coefficient (Wildman–Crippen LogP) is 1.96. The van der Waals surface area contributed by atoms with Crippen LogP contribution >= 0.6 is 0 Å². The van der Waals surface area contributed by atoms with Crippen LogP contribution in [0, 0.1) is 29.5 Å². The number of carbonyl (C=O) groups excluding carboxylic acids is 1. The minimum absolute atomic E-state index is 0.0169. The summed E-state index contributed by atoms with van der Waals surface area (Å²) in [5.41, 5.74) is 0.399. The molecule has 2 aliphatic rings. The van der Waals surface area contributed by atoms with Crippen molar-refractivity contribution in [3.8, 4) is 0 Å². The van der Waals surface area contributed by atoms with E-state index in [4.69, 9.17) is 0 Å². The third-order valence-corrected chi connectivity index (χ3v) is 4.46. The molecule has 1 aromatic carbocycles. The molecule has 1 amide bonds. The van der Waals surface area contributed by atoms with Gasteiger partial charge in [0.15, 0.2) is 0 Å². The van der Waals surface area contributed by atoms with Crippen LogP contribution in [0.3, 0.4) is 0 Å². The van der Waals surface area contributed by atoms with Crippen LogP contribution in [0.2, 0.25) is 0 Å². The van der Waals surface area contributed by atoms with E-state index in [0.717, 1.165) is 6.42 Å². The normalized spacial score (nSPS) is 29.6. The minimum atomic E-state index is -0.933. The van der Waals surface area contributed by atoms with E-state index in [9.17, 15) is 19.1 Å². The van der Waals surface area contributed by atoms with Crippen LogP contribution in [0.5, 0.6) is 0 Å². The summed E-state index contributed by atoms with van der Waals surface area (Å²) in [4.78, 5) is 23.7. The van der Waals surface area contributed by atoms with Gasteiger partial charge in [0, 0.05) is 12.1 Å². The van der Waals surface area contributed by atoms with Gasteiger partial charge in [0.1, 0.15) is 5.82 Å². The summed E-state index contributed by atoms with van der Waals surface area (Å²) < 4.78 is 13.5. The maximum Gasteiger partial charge on any atom is 0.307 e. The lowest BCUT2D eigenvalue weighted by atomic mass is 9.82. The molecule has 2 aliphatic carbocycles. The lowest BCUT2D eigenvalue weighted by molar-refractivity contribution is -0.147. The van der Waals surface area contributed by atoms with Crippen molar-refractivity contribution in [3.05, 3.63) is 47.8 Å². The highest BCUT2D eigenvalue weighted by Gasteiger charge is 2.51. The standard InChI is InChI=1S/C16H16FNO3/c17-12-4-2-1-3-11(12)8-18-15(19)13-9-5-6-10(7-9)14(13)16(20)21/h1-6,9-10,13-14H,7-8H2,(H,18,19)(H,20,21)/t9-,10+,13-,14+/m0/s1. The monoisotopic (exact) mass is 289 g/mol. The van der Waals surface area contributed by atoms with Gasteiger partial charge in [0.25, 0.3) is 0 Å². The topological polar surface area (TPSA) is 66.4 Å². The molecule has 4 nitrogen and oxygen atoms in total. The number of fused-ring (bicyclic) bond motifs is 2. The number of nitrogens with one attached hydrogen (secondary N) is 1. The van der Waals surface area contributed by atoms with Gasteiger partial charge >= 0.3 is 5.97 Å². The van der Waals surface area contributed by atoms with Crippen LogP contribution in [-0.4, -0.2) is 17.0 Å². The van der Waals surface area contributed by atoms with Crippen molar-refractivity contribution in [1.29, 1.82) is 0 Å². The van der Waals surface area contributed by atoms with Crippen LogP contribution in [0.1, 0.15) is 12.0 Å². The smallest absolute Gasteiger partial charge is 0.307 e. The summed E-state index contributed by atoms with van der Waals surface area (Å²) in [6, 6.07) is 6.22. The number of rotatable bonds is 4. The molecular weight excluding hydrogens is 273 g/mol. The first-order chi connectivity index (χ1) is 10.1. The zero-order chi connectivity index (χ0) is 15.0. The highest BCUT2D eigenvalue weighted by molar-refractivity contribution is 5.86. The Kier molecular flexibility index (Phi) is 3.49. The first-order valence-corrected chi connectivity index (χ1v) is 7.00. The Balaban J connectivity index is 1.69. The number of hydrogen-bond acceptors (Lipinski definition) is 2. The Labute approximate surface area is 121 Å². The Morgan fingerprint density at radius 3 is 2.52 bits per heavy atom. The fourth-order valence-corrected chi connectivity index (χ4v) is 3.46. The van der Waals surface area contributed by atoms with E-state index in [2.05, 4.69) is 5.32 Å². The second kappa shape index (κ2) is 5.31. The average molecular weight is 289 g/mol. The number of carbonyl (C=O) groups is 2. The molecule has 3 rings (SSSR count). The zero-order valence-electron chi connectivity index (χ0n) is 11.3. The maximum atomic E-state index is 13.5. The first kappa shape index (κ1) is 13.8. The van der Waals surface area contributed by atoms with E-state index in [1.807, 2.05) is 12.2 Å². The molecule has 110 valence electrons. The summed E-state index contributed by atoms with van der Waals surface area (Å²) in [6.45, 7) is 0.0788. The van der Waals surface area contributed by atoms with Crippen LogP contribution in [-0.2, 0) is 16.1 Å². The third-order valence-electron chi connectivity index (χ3n) is 4.46. The number of aliphatic carboxylic acids is 1. The number of carboxylic acids is 1. The lowest BCUT2D eigenvalue weighted by Gasteiger charge is -2.23. The fourth-order valence-electron chi connectivity index (χ4n) is 3.46. The molecule has 2 bridgehead atoms. The Bertz CT molecular complexity index is 613. The second-order valence-corrected chi connectivity index (χ2v) is 5.65. The molecule has 0 heterocycles. The van der Waals surface area contributed by atoms with E-state index >= 15 is 0 Å². The van der Waals surface area contributed by atoms with E-state index < -0.39 is 17.8 Å². The van der Waals surface area contributed by atoms with E-state index in [1.165, 1.54) is 6.07 Å². The number of benzene rings is 1. The largest absolute Gasteiger partial charge is 0.481 e. The number of hydrogen-bond donors (Lipinski definition) is 2. The summed E-state index contributed by atoms with van der Waals surface area (Å²) >= 11 is 0. The number of carboxylic acid groups (broad SMARTS) is 1. The zero-order valence-corrected chi connectivity index (χ0v) is 11.3. The predicted molar refractivity (Wildman–Crippen MR) is 73.6 cm³/mol. The average Bonchev–Trinajstić information content (AvgIpc) is 3.06. The van der Waals surface area contributed by atoms with Gasteiger partial charge in [0.05, 0.1) is 11.8 Å². The molecule has 0 aromatic heterocycles. The van der Waals surface area contributed by atoms with E-state index in [-0.39, 0.29) is 30.1 Å². The fraction of sp³-hybridized carbons (Fsp3) is 0.375. The molecule has 0 spiro atoms. The molecule has 0 saturated heterocycles.